The van der Waals surface area contributed by atoms with Crippen molar-refractivity contribution in [3.8, 4) is 5.75 Å². The maximum atomic E-state index is 12.8. The predicted molar refractivity (Wildman–Crippen MR) is 109 cm³/mol. The van der Waals surface area contributed by atoms with E-state index in [0.717, 1.165) is 0 Å². The van der Waals surface area contributed by atoms with Gasteiger partial charge in [0.1, 0.15) is 5.75 Å². The number of piperidine rings is 1. The van der Waals surface area contributed by atoms with Gasteiger partial charge in [-0.1, -0.05) is 5.16 Å². The molecular weight excluding hydrogens is 408 g/mol. The van der Waals surface area contributed by atoms with Gasteiger partial charge in [0.05, 0.1) is 11.5 Å². The molecule has 0 bridgehead atoms. The number of carbonyl (C=O) groups excluding carboxylic acids is 1. The summed E-state index contributed by atoms with van der Waals surface area (Å²) >= 11 is 0. The van der Waals surface area contributed by atoms with Gasteiger partial charge in [0.25, 0.3) is 0 Å². The summed E-state index contributed by atoms with van der Waals surface area (Å²) in [5.41, 5.74) is 0. The number of aryl methyl sites for hydroxylation is 2. The van der Waals surface area contributed by atoms with Crippen molar-refractivity contribution in [2.75, 3.05) is 26.2 Å². The van der Waals surface area contributed by atoms with Crippen LogP contribution in [0, 0.1) is 12.8 Å². The molecule has 0 saturated carbocycles. The molecule has 0 spiro atoms. The van der Waals surface area contributed by atoms with Crippen LogP contribution in [-0.4, -0.2) is 55.0 Å². The van der Waals surface area contributed by atoms with Crippen LogP contribution in [0.2, 0.25) is 0 Å². The second kappa shape index (κ2) is 10.0. The van der Waals surface area contributed by atoms with Gasteiger partial charge in [0.2, 0.25) is 21.8 Å². The Balaban J connectivity index is 1.44. The summed E-state index contributed by atoms with van der Waals surface area (Å²) in [5, 5.41) is 6.65. The van der Waals surface area contributed by atoms with Crippen molar-refractivity contribution in [1.29, 1.82) is 0 Å². The molecule has 9 nitrogen and oxygen atoms in total. The number of hydrogen-bond acceptors (Lipinski definition) is 7. The summed E-state index contributed by atoms with van der Waals surface area (Å²) in [6, 6.07) is 6.44. The number of nitrogens with one attached hydrogen (secondary N) is 1. The van der Waals surface area contributed by atoms with E-state index in [4.69, 9.17) is 9.26 Å². The van der Waals surface area contributed by atoms with Gasteiger partial charge in [-0.3, -0.25) is 4.79 Å². The highest BCUT2D eigenvalue weighted by molar-refractivity contribution is 7.89. The largest absolute Gasteiger partial charge is 0.494 e. The zero-order valence-electron chi connectivity index (χ0n) is 17.3. The van der Waals surface area contributed by atoms with Crippen molar-refractivity contribution in [1.82, 2.24) is 19.8 Å². The lowest BCUT2D eigenvalue weighted by atomic mass is 9.97. The molecule has 1 amide bonds. The van der Waals surface area contributed by atoms with Crippen molar-refractivity contribution in [3.05, 3.63) is 36.0 Å². The van der Waals surface area contributed by atoms with E-state index in [1.165, 1.54) is 4.31 Å². The first kappa shape index (κ1) is 22.2. The molecule has 0 radical (unpaired) electrons. The average Bonchev–Trinajstić information content (AvgIpc) is 3.17. The number of hydrogen-bond donors (Lipinski definition) is 1. The number of ether oxygens (including phenoxy) is 1. The number of nitrogens with zero attached hydrogens (tertiary/aromatic N) is 3. The van der Waals surface area contributed by atoms with E-state index in [2.05, 4.69) is 15.5 Å². The molecule has 0 unspecified atom stereocenters. The summed E-state index contributed by atoms with van der Waals surface area (Å²) < 4.78 is 37.5. The minimum atomic E-state index is -3.57. The molecule has 0 aliphatic carbocycles. The van der Waals surface area contributed by atoms with E-state index in [-0.39, 0.29) is 16.7 Å². The minimum absolute atomic E-state index is 0.0326. The first-order valence-corrected chi connectivity index (χ1v) is 11.6. The van der Waals surface area contributed by atoms with E-state index < -0.39 is 10.0 Å². The zero-order valence-corrected chi connectivity index (χ0v) is 18.2. The lowest BCUT2D eigenvalue weighted by Crippen LogP contribution is -2.43. The Kier molecular flexibility index (Phi) is 7.43. The van der Waals surface area contributed by atoms with E-state index >= 15 is 0 Å². The Hall–Kier alpha value is -2.46. The summed E-state index contributed by atoms with van der Waals surface area (Å²) in [7, 11) is -3.57. The summed E-state index contributed by atoms with van der Waals surface area (Å²) in [6.07, 6.45) is 2.33. The van der Waals surface area contributed by atoms with Crippen LogP contribution >= 0.6 is 0 Å². The number of sulfonamides is 1. The van der Waals surface area contributed by atoms with E-state index in [0.29, 0.717) is 69.4 Å². The molecule has 3 rings (SSSR count). The molecule has 2 aromatic rings. The topological polar surface area (TPSA) is 115 Å². The SMILES string of the molecule is CCOc1ccc(S(=O)(=O)N2CCC(C(=O)NCCCc3nc(C)no3)CC2)cc1. The maximum Gasteiger partial charge on any atom is 0.243 e. The van der Waals surface area contributed by atoms with Gasteiger partial charge < -0.3 is 14.6 Å². The van der Waals surface area contributed by atoms with Crippen molar-refractivity contribution < 1.29 is 22.5 Å². The Morgan fingerprint density at radius 1 is 1.27 bits per heavy atom. The van der Waals surface area contributed by atoms with Crippen molar-refractivity contribution in [2.24, 2.45) is 5.92 Å². The Morgan fingerprint density at radius 2 is 1.97 bits per heavy atom. The third-order valence-corrected chi connectivity index (χ3v) is 6.95. The molecule has 1 aliphatic heterocycles. The molecule has 30 heavy (non-hydrogen) atoms. The summed E-state index contributed by atoms with van der Waals surface area (Å²) in [4.78, 5) is 16.8. The molecule has 10 heteroatoms. The van der Waals surface area contributed by atoms with Gasteiger partial charge in [-0.05, 0) is 57.4 Å². The molecule has 0 atom stereocenters. The Labute approximate surface area is 176 Å². The smallest absolute Gasteiger partial charge is 0.243 e. The van der Waals surface area contributed by atoms with Gasteiger partial charge in [0.15, 0.2) is 5.82 Å². The molecule has 1 N–H and O–H groups in total. The number of benzene rings is 1. The van der Waals surface area contributed by atoms with E-state index in [1.807, 2.05) is 6.92 Å². The van der Waals surface area contributed by atoms with E-state index in [1.54, 1.807) is 31.2 Å². The molecular formula is C20H28N4O5S. The second-order valence-corrected chi connectivity index (χ2v) is 9.15. The van der Waals surface area contributed by atoms with Gasteiger partial charge in [-0.15, -0.1) is 0 Å². The van der Waals surface area contributed by atoms with Gasteiger partial charge in [0, 0.05) is 32.0 Å². The van der Waals surface area contributed by atoms with Crippen LogP contribution in [0.3, 0.4) is 0 Å². The third-order valence-electron chi connectivity index (χ3n) is 5.03. The highest BCUT2D eigenvalue weighted by Gasteiger charge is 2.32. The molecule has 1 fully saturated rings. The number of rotatable bonds is 9. The molecule has 1 saturated heterocycles. The third kappa shape index (κ3) is 5.57. The number of amides is 1. The first-order valence-electron chi connectivity index (χ1n) is 10.2. The van der Waals surface area contributed by atoms with Crippen LogP contribution in [0.15, 0.2) is 33.7 Å². The Morgan fingerprint density at radius 3 is 2.57 bits per heavy atom. The van der Waals surface area contributed by atoms with Gasteiger partial charge in [-0.2, -0.15) is 9.29 Å². The monoisotopic (exact) mass is 436 g/mol. The van der Waals surface area contributed by atoms with Crippen LogP contribution in [0.4, 0.5) is 0 Å². The number of aromatic nitrogens is 2. The fraction of sp³-hybridized carbons (Fsp3) is 0.550. The molecule has 2 heterocycles. The molecule has 1 aromatic heterocycles. The predicted octanol–water partition coefficient (Wildman–Crippen LogP) is 1.93. The van der Waals surface area contributed by atoms with Crippen LogP contribution in [0.5, 0.6) is 5.75 Å². The zero-order chi connectivity index (χ0) is 21.6. The normalized spacial score (nSPS) is 15.8. The van der Waals surface area contributed by atoms with Crippen molar-refractivity contribution in [2.45, 2.75) is 44.4 Å². The maximum absolute atomic E-state index is 12.8. The standard InChI is InChI=1S/C20H28N4O5S/c1-3-28-17-6-8-18(9-7-17)30(26,27)24-13-10-16(11-14-24)20(25)21-12-4-5-19-22-15(2)23-29-19/h6-9,16H,3-5,10-14H2,1-2H3,(H,21,25). The lowest BCUT2D eigenvalue weighted by Gasteiger charge is -2.30. The van der Waals surface area contributed by atoms with Crippen LogP contribution < -0.4 is 10.1 Å². The molecule has 1 aliphatic rings. The van der Waals surface area contributed by atoms with Crippen LogP contribution in [0.1, 0.15) is 37.9 Å². The lowest BCUT2D eigenvalue weighted by molar-refractivity contribution is -0.126. The molecule has 164 valence electrons. The van der Waals surface area contributed by atoms with Gasteiger partial charge in [-0.25, -0.2) is 8.42 Å². The van der Waals surface area contributed by atoms with Gasteiger partial charge >= 0.3 is 0 Å². The second-order valence-electron chi connectivity index (χ2n) is 7.21. The quantitative estimate of drug-likeness (QED) is 0.597. The minimum Gasteiger partial charge on any atom is -0.494 e. The summed E-state index contributed by atoms with van der Waals surface area (Å²) in [6.45, 7) is 5.34. The van der Waals surface area contributed by atoms with E-state index in [9.17, 15) is 13.2 Å². The van der Waals surface area contributed by atoms with Crippen LogP contribution in [0.25, 0.3) is 0 Å². The Bertz CT molecular complexity index is 934. The van der Waals surface area contributed by atoms with Crippen LogP contribution in [-0.2, 0) is 21.2 Å². The summed E-state index contributed by atoms with van der Waals surface area (Å²) in [5.74, 6) is 1.59. The average molecular weight is 437 g/mol. The van der Waals surface area contributed by atoms with Crippen molar-refractivity contribution >= 4 is 15.9 Å². The first-order chi connectivity index (χ1) is 14.4. The van der Waals surface area contributed by atoms with Crippen molar-refractivity contribution in [3.63, 3.8) is 0 Å². The highest BCUT2D eigenvalue weighted by Crippen LogP contribution is 2.25. The fourth-order valence-electron chi connectivity index (χ4n) is 3.42. The fourth-order valence-corrected chi connectivity index (χ4v) is 4.89. The molecule has 1 aromatic carbocycles. The highest BCUT2D eigenvalue weighted by atomic mass is 32.2. The number of carbonyl (C=O) groups is 1.